The van der Waals surface area contributed by atoms with Crippen LogP contribution in [0.25, 0.3) is 0 Å². The fourth-order valence-corrected chi connectivity index (χ4v) is 3.55. The molecule has 2 heterocycles. The first kappa shape index (κ1) is 27.3. The Morgan fingerprint density at radius 1 is 1.12 bits per heavy atom. The Kier molecular flexibility index (Phi) is 10.8. The van der Waals surface area contributed by atoms with Crippen LogP contribution in [0.4, 0.5) is 10.5 Å². The third kappa shape index (κ3) is 9.07. The molecule has 0 saturated carbocycles. The predicted octanol–water partition coefficient (Wildman–Crippen LogP) is 3.40. The largest absolute Gasteiger partial charge is 0.490 e. The summed E-state index contributed by atoms with van der Waals surface area (Å²) in [6.45, 7) is 11.9. The molecule has 10 heteroatoms. The summed E-state index contributed by atoms with van der Waals surface area (Å²) in [6.07, 6.45) is 1.65. The van der Waals surface area contributed by atoms with Crippen molar-refractivity contribution in [3.8, 4) is 11.5 Å². The van der Waals surface area contributed by atoms with Crippen LogP contribution in [0.1, 0.15) is 33.6 Å². The molecule has 0 aliphatic carbocycles. The van der Waals surface area contributed by atoms with E-state index in [0.29, 0.717) is 32.3 Å². The predicted molar refractivity (Wildman–Crippen MR) is 141 cm³/mol. The first-order valence-corrected chi connectivity index (χ1v) is 11.4. The Labute approximate surface area is 214 Å². The SMILES string of the molecule is CN=C(NCCCN1CCN(C(=O)OC(C)(C)C)CC1)Nc1ccc2c(c1)OCCCO2.I. The zero-order valence-corrected chi connectivity index (χ0v) is 22.5. The van der Waals surface area contributed by atoms with Gasteiger partial charge < -0.3 is 29.7 Å². The van der Waals surface area contributed by atoms with E-state index in [-0.39, 0.29) is 30.1 Å². The van der Waals surface area contributed by atoms with Crippen molar-refractivity contribution in [2.24, 2.45) is 4.99 Å². The second-order valence-electron chi connectivity index (χ2n) is 9.00. The van der Waals surface area contributed by atoms with Gasteiger partial charge in [-0.2, -0.15) is 0 Å². The Bertz CT molecular complexity index is 792. The number of carbonyl (C=O) groups is 1. The summed E-state index contributed by atoms with van der Waals surface area (Å²) in [5.41, 5.74) is 0.451. The quantitative estimate of drug-likeness (QED) is 0.241. The van der Waals surface area contributed by atoms with E-state index in [1.54, 1.807) is 11.9 Å². The number of carbonyl (C=O) groups excluding carboxylic acids is 1. The minimum absolute atomic E-state index is 0. The van der Waals surface area contributed by atoms with Crippen LogP contribution in [-0.4, -0.2) is 87.0 Å². The average Bonchev–Trinajstić information content (AvgIpc) is 3.00. The van der Waals surface area contributed by atoms with Gasteiger partial charge in [0.15, 0.2) is 17.5 Å². The number of nitrogens with one attached hydrogen (secondary N) is 2. The summed E-state index contributed by atoms with van der Waals surface area (Å²) in [4.78, 5) is 20.7. The molecule has 186 valence electrons. The average molecular weight is 575 g/mol. The van der Waals surface area contributed by atoms with Crippen LogP contribution in [-0.2, 0) is 4.74 Å². The molecule has 1 aromatic carbocycles. The first-order chi connectivity index (χ1) is 15.3. The summed E-state index contributed by atoms with van der Waals surface area (Å²) in [5, 5.41) is 6.66. The van der Waals surface area contributed by atoms with Crippen LogP contribution >= 0.6 is 24.0 Å². The summed E-state index contributed by atoms with van der Waals surface area (Å²) in [5.74, 6) is 2.26. The van der Waals surface area contributed by atoms with E-state index < -0.39 is 5.60 Å². The topological polar surface area (TPSA) is 87.7 Å². The number of hydrogen-bond donors (Lipinski definition) is 2. The van der Waals surface area contributed by atoms with E-state index in [4.69, 9.17) is 14.2 Å². The lowest BCUT2D eigenvalue weighted by Gasteiger charge is -2.35. The molecule has 0 atom stereocenters. The van der Waals surface area contributed by atoms with Gasteiger partial charge in [0.25, 0.3) is 0 Å². The van der Waals surface area contributed by atoms with Gasteiger partial charge in [-0.05, 0) is 45.9 Å². The number of amides is 1. The Balaban J connectivity index is 0.00000385. The third-order valence-corrected chi connectivity index (χ3v) is 5.20. The molecule has 1 fully saturated rings. The molecule has 3 rings (SSSR count). The molecule has 2 N–H and O–H groups in total. The lowest BCUT2D eigenvalue weighted by atomic mass is 10.2. The maximum Gasteiger partial charge on any atom is 0.410 e. The van der Waals surface area contributed by atoms with Crippen molar-refractivity contribution < 1.29 is 19.0 Å². The highest BCUT2D eigenvalue weighted by molar-refractivity contribution is 14.0. The van der Waals surface area contributed by atoms with Gasteiger partial charge in [0, 0.05) is 57.9 Å². The third-order valence-electron chi connectivity index (χ3n) is 5.20. The standard InChI is InChI=1S/C23H37N5O4.HI/c1-23(2,3)32-22(29)28-13-11-27(12-14-28)10-5-9-25-21(24-4)26-18-7-8-19-20(17-18)31-16-6-15-30-19;/h7-8,17H,5-6,9-16H2,1-4H3,(H2,24,25,26);1H. The number of halogens is 1. The highest BCUT2D eigenvalue weighted by Crippen LogP contribution is 2.32. The van der Waals surface area contributed by atoms with Crippen molar-refractivity contribution in [3.05, 3.63) is 18.2 Å². The van der Waals surface area contributed by atoms with Gasteiger partial charge in [0.05, 0.1) is 13.2 Å². The van der Waals surface area contributed by atoms with E-state index in [9.17, 15) is 4.79 Å². The van der Waals surface area contributed by atoms with E-state index in [1.165, 1.54) is 0 Å². The van der Waals surface area contributed by atoms with Crippen LogP contribution in [0.15, 0.2) is 23.2 Å². The van der Waals surface area contributed by atoms with Gasteiger partial charge >= 0.3 is 6.09 Å². The van der Waals surface area contributed by atoms with Crippen LogP contribution in [0.2, 0.25) is 0 Å². The van der Waals surface area contributed by atoms with Crippen LogP contribution < -0.4 is 20.1 Å². The molecule has 0 aromatic heterocycles. The van der Waals surface area contributed by atoms with Gasteiger partial charge in [-0.1, -0.05) is 0 Å². The maximum atomic E-state index is 12.2. The van der Waals surface area contributed by atoms with Crippen molar-refractivity contribution in [3.63, 3.8) is 0 Å². The molecule has 0 spiro atoms. The number of hydrogen-bond acceptors (Lipinski definition) is 6. The van der Waals surface area contributed by atoms with Crippen molar-refractivity contribution in [1.29, 1.82) is 0 Å². The van der Waals surface area contributed by atoms with E-state index in [1.807, 2.05) is 39.0 Å². The summed E-state index contributed by atoms with van der Waals surface area (Å²) in [7, 11) is 1.76. The Hall–Kier alpha value is -1.95. The minimum Gasteiger partial charge on any atom is -0.490 e. The number of nitrogens with zero attached hydrogens (tertiary/aromatic N) is 3. The van der Waals surface area contributed by atoms with Gasteiger partial charge in [-0.3, -0.25) is 9.89 Å². The molecule has 0 unspecified atom stereocenters. The number of benzene rings is 1. The second kappa shape index (κ2) is 13.1. The monoisotopic (exact) mass is 575 g/mol. The van der Waals surface area contributed by atoms with Gasteiger partial charge in [0.1, 0.15) is 5.60 Å². The number of guanidine groups is 1. The number of anilines is 1. The molecular weight excluding hydrogens is 537 g/mol. The van der Waals surface area contributed by atoms with Crippen molar-refractivity contribution in [2.75, 3.05) is 64.8 Å². The smallest absolute Gasteiger partial charge is 0.410 e. The van der Waals surface area contributed by atoms with E-state index in [2.05, 4.69) is 20.5 Å². The molecular formula is C23H38IN5O4. The Morgan fingerprint density at radius 3 is 2.48 bits per heavy atom. The highest BCUT2D eigenvalue weighted by Gasteiger charge is 2.25. The van der Waals surface area contributed by atoms with Crippen molar-refractivity contribution >= 4 is 41.7 Å². The van der Waals surface area contributed by atoms with Crippen molar-refractivity contribution in [2.45, 2.75) is 39.2 Å². The number of piperazine rings is 1. The molecule has 1 saturated heterocycles. The van der Waals surface area contributed by atoms with Gasteiger partial charge in [-0.25, -0.2) is 4.79 Å². The van der Waals surface area contributed by atoms with Crippen LogP contribution in [0.5, 0.6) is 11.5 Å². The fraction of sp³-hybridized carbons (Fsp3) is 0.652. The molecule has 2 aliphatic heterocycles. The maximum absolute atomic E-state index is 12.2. The number of aliphatic imine (C=N–C) groups is 1. The number of rotatable bonds is 5. The molecule has 1 aromatic rings. The summed E-state index contributed by atoms with van der Waals surface area (Å²) >= 11 is 0. The zero-order valence-electron chi connectivity index (χ0n) is 20.2. The minimum atomic E-state index is -0.453. The molecule has 0 radical (unpaired) electrons. The molecule has 33 heavy (non-hydrogen) atoms. The van der Waals surface area contributed by atoms with Crippen LogP contribution in [0.3, 0.4) is 0 Å². The van der Waals surface area contributed by atoms with Crippen LogP contribution in [0, 0.1) is 0 Å². The molecule has 0 bridgehead atoms. The fourth-order valence-electron chi connectivity index (χ4n) is 3.55. The van der Waals surface area contributed by atoms with Crippen molar-refractivity contribution in [1.82, 2.24) is 15.1 Å². The second-order valence-corrected chi connectivity index (χ2v) is 9.00. The van der Waals surface area contributed by atoms with Gasteiger partial charge in [-0.15, -0.1) is 24.0 Å². The van der Waals surface area contributed by atoms with Gasteiger partial charge in [0.2, 0.25) is 0 Å². The number of fused-ring (bicyclic) bond motifs is 1. The first-order valence-electron chi connectivity index (χ1n) is 11.4. The number of ether oxygens (including phenoxy) is 3. The lowest BCUT2D eigenvalue weighted by Crippen LogP contribution is -2.50. The van der Waals surface area contributed by atoms with E-state index >= 15 is 0 Å². The lowest BCUT2D eigenvalue weighted by molar-refractivity contribution is 0.0145. The Morgan fingerprint density at radius 2 is 1.82 bits per heavy atom. The normalized spacial score (nSPS) is 17.0. The zero-order chi connectivity index (χ0) is 23.0. The summed E-state index contributed by atoms with van der Waals surface area (Å²) in [6, 6.07) is 5.83. The molecule has 9 nitrogen and oxygen atoms in total. The van der Waals surface area contributed by atoms with E-state index in [0.717, 1.165) is 56.2 Å². The molecule has 1 amide bonds. The highest BCUT2D eigenvalue weighted by atomic mass is 127. The summed E-state index contributed by atoms with van der Waals surface area (Å²) < 4.78 is 16.9. The molecule has 2 aliphatic rings.